The molecule has 6 nitrogen and oxygen atoms in total. The molecule has 1 aliphatic heterocycles. The molecule has 0 spiro atoms. The molecule has 0 aromatic carbocycles. The van der Waals surface area contributed by atoms with Crippen LogP contribution in [0.2, 0.25) is 5.02 Å². The number of rotatable bonds is 6. The van der Waals surface area contributed by atoms with Crippen LogP contribution in [0.15, 0.2) is 24.5 Å². The first-order valence-electron chi connectivity index (χ1n) is 8.63. The summed E-state index contributed by atoms with van der Waals surface area (Å²) in [5, 5.41) is 7.74. The van der Waals surface area contributed by atoms with Crippen LogP contribution >= 0.6 is 11.6 Å². The van der Waals surface area contributed by atoms with Crippen LogP contribution in [0.5, 0.6) is 0 Å². The third-order valence-corrected chi connectivity index (χ3v) is 4.57. The summed E-state index contributed by atoms with van der Waals surface area (Å²) in [6.45, 7) is 3.96. The molecule has 134 valence electrons. The number of aryl methyl sites for hydroxylation is 1. The summed E-state index contributed by atoms with van der Waals surface area (Å²) in [5.74, 6) is 1.24. The minimum atomic E-state index is 0.0515. The van der Waals surface area contributed by atoms with Gasteiger partial charge in [-0.2, -0.15) is 5.10 Å². The first-order valence-corrected chi connectivity index (χ1v) is 9.01. The van der Waals surface area contributed by atoms with E-state index < -0.39 is 0 Å². The molecular formula is C18H23ClN4O2. The Morgan fingerprint density at radius 3 is 3.08 bits per heavy atom. The Kier molecular flexibility index (Phi) is 6.04. The van der Waals surface area contributed by atoms with Crippen LogP contribution in [0.4, 0.5) is 0 Å². The number of pyridine rings is 1. The lowest BCUT2D eigenvalue weighted by Crippen LogP contribution is -2.25. The average molecular weight is 363 g/mol. The zero-order valence-electron chi connectivity index (χ0n) is 14.4. The zero-order valence-corrected chi connectivity index (χ0v) is 15.1. The van der Waals surface area contributed by atoms with Crippen LogP contribution in [0, 0.1) is 12.8 Å². The van der Waals surface area contributed by atoms with Crippen molar-refractivity contribution in [2.45, 2.75) is 39.2 Å². The molecule has 1 saturated heterocycles. The topological polar surface area (TPSA) is 69.0 Å². The second kappa shape index (κ2) is 8.45. The molecule has 0 bridgehead atoms. The van der Waals surface area contributed by atoms with Crippen LogP contribution in [-0.2, 0) is 16.1 Å². The van der Waals surface area contributed by atoms with Gasteiger partial charge < -0.3 is 10.1 Å². The second-order valence-corrected chi connectivity index (χ2v) is 6.87. The van der Waals surface area contributed by atoms with Crippen molar-refractivity contribution in [3.05, 3.63) is 40.8 Å². The SMILES string of the molecule is Cc1ccc(CNC(=O)CCC2CCCOC2)c(-n2cc(Cl)cn2)n1. The summed E-state index contributed by atoms with van der Waals surface area (Å²) in [5.41, 5.74) is 1.79. The van der Waals surface area contributed by atoms with Gasteiger partial charge in [0.05, 0.1) is 17.4 Å². The highest BCUT2D eigenvalue weighted by molar-refractivity contribution is 6.30. The number of carbonyl (C=O) groups is 1. The average Bonchev–Trinajstić information content (AvgIpc) is 3.06. The molecular weight excluding hydrogens is 340 g/mol. The van der Waals surface area contributed by atoms with Gasteiger partial charge in [-0.3, -0.25) is 4.79 Å². The van der Waals surface area contributed by atoms with Gasteiger partial charge in [-0.25, -0.2) is 9.67 Å². The Hall–Kier alpha value is -1.92. The summed E-state index contributed by atoms with van der Waals surface area (Å²) in [6, 6.07) is 3.89. The number of halogens is 1. The van der Waals surface area contributed by atoms with Crippen molar-refractivity contribution < 1.29 is 9.53 Å². The normalized spacial score (nSPS) is 17.4. The van der Waals surface area contributed by atoms with Gasteiger partial charge in [0.2, 0.25) is 5.91 Å². The summed E-state index contributed by atoms with van der Waals surface area (Å²) in [7, 11) is 0. The van der Waals surface area contributed by atoms with E-state index in [9.17, 15) is 4.79 Å². The standard InChI is InChI=1S/C18H23ClN4O2/c1-13-4-6-15(18(22-13)23-11-16(19)10-21-23)9-20-17(24)7-5-14-3-2-8-25-12-14/h4,6,10-11,14H,2-3,5,7-9,12H2,1H3,(H,20,24). The third kappa shape index (κ3) is 5.03. The summed E-state index contributed by atoms with van der Waals surface area (Å²) in [4.78, 5) is 16.7. The predicted molar refractivity (Wildman–Crippen MR) is 95.7 cm³/mol. The highest BCUT2D eigenvalue weighted by atomic mass is 35.5. The summed E-state index contributed by atoms with van der Waals surface area (Å²) in [6.07, 6.45) is 6.92. The van der Waals surface area contributed by atoms with Gasteiger partial charge in [0.15, 0.2) is 5.82 Å². The maximum Gasteiger partial charge on any atom is 0.220 e. The van der Waals surface area contributed by atoms with Crippen LogP contribution in [0.25, 0.3) is 5.82 Å². The summed E-state index contributed by atoms with van der Waals surface area (Å²) >= 11 is 5.95. The number of nitrogens with zero attached hydrogens (tertiary/aromatic N) is 3. The predicted octanol–water partition coefficient (Wildman–Crippen LogP) is 3.05. The minimum Gasteiger partial charge on any atom is -0.381 e. The number of amides is 1. The van der Waals surface area contributed by atoms with Crippen LogP contribution in [0.1, 0.15) is 36.9 Å². The van der Waals surface area contributed by atoms with Crippen molar-refractivity contribution in [1.29, 1.82) is 0 Å². The molecule has 2 aromatic heterocycles. The number of hydrogen-bond donors (Lipinski definition) is 1. The molecule has 0 saturated carbocycles. The van der Waals surface area contributed by atoms with Crippen molar-refractivity contribution in [1.82, 2.24) is 20.1 Å². The Labute approximate surface area is 152 Å². The quantitative estimate of drug-likeness (QED) is 0.857. The van der Waals surface area contributed by atoms with Crippen molar-refractivity contribution in [2.24, 2.45) is 5.92 Å². The fourth-order valence-electron chi connectivity index (χ4n) is 2.98. The zero-order chi connectivity index (χ0) is 17.6. The van der Waals surface area contributed by atoms with Crippen molar-refractivity contribution in [3.8, 4) is 5.82 Å². The highest BCUT2D eigenvalue weighted by Crippen LogP contribution is 2.19. The molecule has 1 atom stereocenters. The molecule has 0 radical (unpaired) electrons. The molecule has 25 heavy (non-hydrogen) atoms. The van der Waals surface area contributed by atoms with Gasteiger partial charge in [0.25, 0.3) is 0 Å². The number of nitrogens with one attached hydrogen (secondary N) is 1. The molecule has 0 aliphatic carbocycles. The Balaban J connectivity index is 1.58. The molecule has 3 rings (SSSR count). The molecule has 7 heteroatoms. The Bertz CT molecular complexity index is 726. The van der Waals surface area contributed by atoms with Crippen molar-refractivity contribution in [3.63, 3.8) is 0 Å². The molecule has 1 fully saturated rings. The highest BCUT2D eigenvalue weighted by Gasteiger charge is 2.16. The van der Waals surface area contributed by atoms with Crippen LogP contribution < -0.4 is 5.32 Å². The number of carbonyl (C=O) groups excluding carboxylic acids is 1. The van der Waals surface area contributed by atoms with E-state index in [0.29, 0.717) is 29.7 Å². The lowest BCUT2D eigenvalue weighted by Gasteiger charge is -2.21. The van der Waals surface area contributed by atoms with E-state index in [1.165, 1.54) is 0 Å². The van der Waals surface area contributed by atoms with E-state index in [1.54, 1.807) is 17.1 Å². The lowest BCUT2D eigenvalue weighted by atomic mass is 9.97. The largest absolute Gasteiger partial charge is 0.381 e. The van der Waals surface area contributed by atoms with Gasteiger partial charge in [0.1, 0.15) is 0 Å². The monoisotopic (exact) mass is 362 g/mol. The second-order valence-electron chi connectivity index (χ2n) is 6.44. The van der Waals surface area contributed by atoms with E-state index in [4.69, 9.17) is 16.3 Å². The van der Waals surface area contributed by atoms with E-state index in [0.717, 1.165) is 43.7 Å². The smallest absolute Gasteiger partial charge is 0.220 e. The van der Waals surface area contributed by atoms with E-state index in [1.807, 2.05) is 19.1 Å². The molecule has 1 unspecified atom stereocenters. The van der Waals surface area contributed by atoms with E-state index in [2.05, 4.69) is 15.4 Å². The first-order chi connectivity index (χ1) is 12.1. The molecule has 1 amide bonds. The first kappa shape index (κ1) is 17.9. The maximum absolute atomic E-state index is 12.2. The Morgan fingerprint density at radius 1 is 1.48 bits per heavy atom. The van der Waals surface area contributed by atoms with Gasteiger partial charge in [-0.1, -0.05) is 17.7 Å². The van der Waals surface area contributed by atoms with E-state index >= 15 is 0 Å². The number of hydrogen-bond acceptors (Lipinski definition) is 4. The van der Waals surface area contributed by atoms with Gasteiger partial charge in [-0.05, 0) is 38.2 Å². The number of aromatic nitrogens is 3. The maximum atomic E-state index is 12.2. The number of ether oxygens (including phenoxy) is 1. The van der Waals surface area contributed by atoms with Crippen LogP contribution in [-0.4, -0.2) is 33.9 Å². The minimum absolute atomic E-state index is 0.0515. The Morgan fingerprint density at radius 2 is 2.36 bits per heavy atom. The lowest BCUT2D eigenvalue weighted by molar-refractivity contribution is -0.121. The third-order valence-electron chi connectivity index (χ3n) is 4.37. The molecule has 2 aromatic rings. The van der Waals surface area contributed by atoms with Crippen molar-refractivity contribution in [2.75, 3.05) is 13.2 Å². The van der Waals surface area contributed by atoms with Gasteiger partial charge in [0, 0.05) is 37.4 Å². The van der Waals surface area contributed by atoms with Crippen LogP contribution in [0.3, 0.4) is 0 Å². The molecule has 1 aliphatic rings. The van der Waals surface area contributed by atoms with Gasteiger partial charge in [-0.15, -0.1) is 0 Å². The van der Waals surface area contributed by atoms with E-state index in [-0.39, 0.29) is 5.91 Å². The fourth-order valence-corrected chi connectivity index (χ4v) is 3.11. The molecule has 1 N–H and O–H groups in total. The summed E-state index contributed by atoms with van der Waals surface area (Å²) < 4.78 is 7.10. The van der Waals surface area contributed by atoms with Gasteiger partial charge >= 0.3 is 0 Å². The van der Waals surface area contributed by atoms with Crippen molar-refractivity contribution >= 4 is 17.5 Å². The fraction of sp³-hybridized carbons (Fsp3) is 0.500. The molecule has 3 heterocycles.